The number of hydrogen-bond acceptors (Lipinski definition) is 4. The minimum Gasteiger partial charge on any atom is -0.379 e. The van der Waals surface area contributed by atoms with Crippen LogP contribution in [0.4, 0.5) is 10.2 Å². The Kier molecular flexibility index (Phi) is 6.15. The molecular weight excluding hydrogens is 391 g/mol. The zero-order valence-corrected chi connectivity index (χ0v) is 16.9. The first-order valence-corrected chi connectivity index (χ1v) is 10.7. The summed E-state index contributed by atoms with van der Waals surface area (Å²) in [6.45, 7) is 4.75. The van der Waals surface area contributed by atoms with Crippen LogP contribution >= 0.6 is 0 Å². The highest BCUT2D eigenvalue weighted by Crippen LogP contribution is 2.31. The van der Waals surface area contributed by atoms with Gasteiger partial charge in [0.1, 0.15) is 11.6 Å². The first-order chi connectivity index (χ1) is 14.1. The minimum atomic E-state index is -0.784. The van der Waals surface area contributed by atoms with Gasteiger partial charge < -0.3 is 9.26 Å². The summed E-state index contributed by atoms with van der Waals surface area (Å²) in [6, 6.07) is 16.5. The molecule has 0 bridgehead atoms. The molecule has 0 saturated carbocycles. The first-order valence-electron chi connectivity index (χ1n) is 9.46. The van der Waals surface area contributed by atoms with E-state index in [9.17, 15) is 4.39 Å². The van der Waals surface area contributed by atoms with Crippen molar-refractivity contribution in [2.75, 3.05) is 26.3 Å². The molecule has 0 radical (unpaired) electrons. The van der Waals surface area contributed by atoms with Crippen molar-refractivity contribution in [3.8, 4) is 11.1 Å². The molecule has 1 fully saturated rings. The molecule has 2 heterocycles. The Balaban J connectivity index is 1.51. The third-order valence-corrected chi connectivity index (χ3v) is 6.21. The molecule has 1 aliphatic rings. The van der Waals surface area contributed by atoms with Crippen LogP contribution in [0.25, 0.3) is 11.1 Å². The molecule has 2 N–H and O–H groups in total. The van der Waals surface area contributed by atoms with Crippen molar-refractivity contribution in [3.05, 3.63) is 71.7 Å². The quantitative estimate of drug-likeness (QED) is 0.678. The Morgan fingerprint density at radius 1 is 1.14 bits per heavy atom. The summed E-state index contributed by atoms with van der Waals surface area (Å²) in [5.41, 5.74) is 2.24. The van der Waals surface area contributed by atoms with Crippen molar-refractivity contribution >= 4 is 16.9 Å². The van der Waals surface area contributed by atoms with E-state index >= 15 is 0 Å². The third-order valence-electron chi connectivity index (χ3n) is 4.94. The molecule has 6 nitrogen and oxygen atoms in total. The van der Waals surface area contributed by atoms with Gasteiger partial charge in [0.15, 0.2) is 0 Å². The number of rotatable bonds is 5. The number of morpholine rings is 1. The Labute approximate surface area is 171 Å². The number of nitrogens with zero attached hydrogens (tertiary/aromatic N) is 3. The maximum atomic E-state index is 14.7. The first kappa shape index (κ1) is 19.9. The van der Waals surface area contributed by atoms with Gasteiger partial charge in [0.25, 0.3) is 0 Å². The highest BCUT2D eigenvalue weighted by Gasteiger charge is 2.18. The fourth-order valence-electron chi connectivity index (χ4n) is 3.23. The maximum Gasteiger partial charge on any atom is 0.204 e. The second-order valence-electron chi connectivity index (χ2n) is 6.84. The molecule has 1 saturated heterocycles. The van der Waals surface area contributed by atoms with Gasteiger partial charge in [-0.1, -0.05) is 54.5 Å². The molecule has 0 amide bonds. The van der Waals surface area contributed by atoms with Gasteiger partial charge in [0.05, 0.1) is 13.2 Å². The van der Waals surface area contributed by atoms with Crippen LogP contribution in [0.1, 0.15) is 24.2 Å². The van der Waals surface area contributed by atoms with Crippen LogP contribution in [0.5, 0.6) is 0 Å². The molecule has 2 atom stereocenters. The van der Waals surface area contributed by atoms with E-state index in [-0.39, 0.29) is 11.7 Å². The summed E-state index contributed by atoms with van der Waals surface area (Å²) >= 11 is -0.784. The number of nitrogens with two attached hydrogens (primary N) is 1. The topological polar surface area (TPSA) is 76.9 Å². The summed E-state index contributed by atoms with van der Waals surface area (Å²) in [6.07, 6.45) is 0. The average Bonchev–Trinajstić information content (AvgIpc) is 3.23. The molecule has 0 spiro atoms. The van der Waals surface area contributed by atoms with Crippen LogP contribution in [0, 0.1) is 5.82 Å². The van der Waals surface area contributed by atoms with E-state index in [1.54, 1.807) is 18.2 Å². The summed E-state index contributed by atoms with van der Waals surface area (Å²) in [5, 5.41) is 10.2. The Morgan fingerprint density at radius 2 is 1.90 bits per heavy atom. The lowest BCUT2D eigenvalue weighted by Gasteiger charge is -2.25. The van der Waals surface area contributed by atoms with E-state index in [0.717, 1.165) is 24.2 Å². The van der Waals surface area contributed by atoms with Gasteiger partial charge in [-0.25, -0.2) is 8.70 Å². The third kappa shape index (κ3) is 4.62. The highest BCUT2D eigenvalue weighted by molar-refractivity contribution is 7.82. The lowest BCUT2D eigenvalue weighted by atomic mass is 9.95. The number of halogens is 1. The second-order valence-corrected chi connectivity index (χ2v) is 8.12. The maximum absolute atomic E-state index is 14.7. The summed E-state index contributed by atoms with van der Waals surface area (Å²) in [5.74, 6) is 0.648. The summed E-state index contributed by atoms with van der Waals surface area (Å²) < 4.78 is 32.0. The molecule has 29 heavy (non-hydrogen) atoms. The standard InChI is InChI=1S/C21H23FN4O2S/c1-15(17-7-8-18(19(22)13-17)16-5-3-2-4-6-16)20-14-21(24-28-20)25-29(23)26-9-11-27-12-10-26/h2-8,13-15H,9-12H2,1H3,(H2,23,24,25). The molecule has 4 rings (SSSR count). The Hall–Kier alpha value is -2.39. The van der Waals surface area contributed by atoms with Crippen molar-refractivity contribution in [2.45, 2.75) is 12.8 Å². The fraction of sp³-hybridized carbons (Fsp3) is 0.286. The molecule has 2 aromatic carbocycles. The van der Waals surface area contributed by atoms with Gasteiger partial charge in [-0.05, 0) is 17.2 Å². The predicted molar refractivity (Wildman–Crippen MR) is 112 cm³/mol. The Bertz CT molecular complexity index is 1000. The number of hydrogen-bond donors (Lipinski definition) is 1. The van der Waals surface area contributed by atoms with Crippen LogP contribution in [0.15, 0.2) is 63.5 Å². The summed E-state index contributed by atoms with van der Waals surface area (Å²) in [7, 11) is 0. The molecule has 1 aromatic heterocycles. The lowest BCUT2D eigenvalue weighted by molar-refractivity contribution is 0.0763. The second kappa shape index (κ2) is 8.96. The molecule has 0 aliphatic carbocycles. The summed E-state index contributed by atoms with van der Waals surface area (Å²) in [4.78, 5) is 0. The van der Waals surface area contributed by atoms with Gasteiger partial charge in [0.2, 0.25) is 5.82 Å². The highest BCUT2D eigenvalue weighted by atomic mass is 32.2. The fourth-order valence-corrected chi connectivity index (χ4v) is 4.15. The van der Waals surface area contributed by atoms with E-state index in [1.165, 1.54) is 0 Å². The average molecular weight is 415 g/mol. The van der Waals surface area contributed by atoms with Crippen LogP contribution in [0.3, 0.4) is 0 Å². The van der Waals surface area contributed by atoms with Crippen LogP contribution in [0.2, 0.25) is 0 Å². The number of ether oxygens (including phenoxy) is 1. The van der Waals surface area contributed by atoms with E-state index in [2.05, 4.69) is 13.8 Å². The van der Waals surface area contributed by atoms with Crippen LogP contribution < -0.4 is 5.14 Å². The number of benzene rings is 2. The Morgan fingerprint density at radius 3 is 2.62 bits per heavy atom. The monoisotopic (exact) mass is 414 g/mol. The normalized spacial score (nSPS) is 17.3. The van der Waals surface area contributed by atoms with Gasteiger partial charge in [0, 0.05) is 41.7 Å². The zero-order valence-electron chi connectivity index (χ0n) is 16.1. The van der Waals surface area contributed by atoms with E-state index < -0.39 is 11.1 Å². The van der Waals surface area contributed by atoms with Gasteiger partial charge >= 0.3 is 0 Å². The van der Waals surface area contributed by atoms with Crippen molar-refractivity contribution in [3.63, 3.8) is 0 Å². The molecule has 1 aliphatic heterocycles. The van der Waals surface area contributed by atoms with Crippen LogP contribution in [-0.4, -0.2) is 35.8 Å². The van der Waals surface area contributed by atoms with Crippen molar-refractivity contribution < 1.29 is 13.7 Å². The zero-order chi connectivity index (χ0) is 20.2. The predicted octanol–water partition coefficient (Wildman–Crippen LogP) is 4.19. The molecular formula is C21H23FN4O2S. The van der Waals surface area contributed by atoms with Gasteiger partial charge in [-0.3, -0.25) is 5.14 Å². The molecule has 152 valence electrons. The van der Waals surface area contributed by atoms with Crippen molar-refractivity contribution in [1.29, 1.82) is 0 Å². The number of aromatic nitrogens is 1. The molecule has 2 unspecified atom stereocenters. The van der Waals surface area contributed by atoms with Crippen molar-refractivity contribution in [2.24, 2.45) is 9.50 Å². The van der Waals surface area contributed by atoms with E-state index in [4.69, 9.17) is 14.4 Å². The van der Waals surface area contributed by atoms with Crippen LogP contribution in [-0.2, 0) is 15.8 Å². The van der Waals surface area contributed by atoms with Gasteiger partial charge in [-0.15, -0.1) is 0 Å². The minimum absolute atomic E-state index is 0.159. The SMILES string of the molecule is CC(c1ccc(-c2ccccc2)c(F)c1)c1cc(N=S(N)N2CCOCC2)no1. The largest absolute Gasteiger partial charge is 0.379 e. The smallest absolute Gasteiger partial charge is 0.204 e. The van der Waals surface area contributed by atoms with E-state index in [1.807, 2.05) is 43.3 Å². The molecule has 3 aromatic rings. The molecule has 8 heteroatoms. The van der Waals surface area contributed by atoms with Gasteiger partial charge in [-0.2, -0.15) is 4.36 Å². The van der Waals surface area contributed by atoms with Crippen molar-refractivity contribution in [1.82, 2.24) is 9.46 Å². The lowest BCUT2D eigenvalue weighted by Crippen LogP contribution is -2.40. The van der Waals surface area contributed by atoms with E-state index in [0.29, 0.717) is 30.4 Å².